The van der Waals surface area contributed by atoms with Crippen LogP contribution in [0.2, 0.25) is 0 Å². The summed E-state index contributed by atoms with van der Waals surface area (Å²) in [6.45, 7) is 4.33. The second-order valence-corrected chi connectivity index (χ2v) is 16.8. The zero-order chi connectivity index (χ0) is 34.8. The number of aromatic nitrogens is 3. The Kier molecular flexibility index (Phi) is 13.4. The van der Waals surface area contributed by atoms with E-state index in [0.717, 1.165) is 10.9 Å². The molecule has 17 nitrogen and oxygen atoms in total. The number of nitrogens with zero attached hydrogens (tertiary/aromatic N) is 4. The van der Waals surface area contributed by atoms with E-state index in [2.05, 4.69) is 15.6 Å². The third-order valence-corrected chi connectivity index (χ3v) is 13.6. The minimum absolute atomic E-state index is 0. The third-order valence-electron chi connectivity index (χ3n) is 9.13. The third kappa shape index (κ3) is 7.42. The smallest absolute Gasteiger partial charge is 0.550 e. The Labute approximate surface area is 369 Å². The molecular formula is C28H30K2N6O11S2. The van der Waals surface area contributed by atoms with E-state index < -0.39 is 96.4 Å². The number of aromatic carboxylic acids is 1. The molecule has 1 aromatic carbocycles. The van der Waals surface area contributed by atoms with Gasteiger partial charge >= 0.3 is 109 Å². The molecule has 21 heteroatoms. The number of carboxylic acid groups (broad SMARTS) is 3. The Balaban J connectivity index is 0.000000255. The number of nitrogens with two attached hydrogens (primary N) is 1. The van der Waals surface area contributed by atoms with Gasteiger partial charge in [-0.2, -0.15) is 0 Å². The van der Waals surface area contributed by atoms with Crippen LogP contribution in [0, 0.1) is 11.8 Å². The summed E-state index contributed by atoms with van der Waals surface area (Å²) in [5.74, 6) is -8.15. The van der Waals surface area contributed by atoms with E-state index in [4.69, 9.17) is 5.73 Å². The number of hydrogen-bond donors (Lipinski definition) is 3. The fourth-order valence-corrected chi connectivity index (χ4v) is 11.0. The number of rotatable bonds is 8. The number of nitrogens with one attached hydrogen (secondary N) is 1. The topological polar surface area (TPSA) is 275 Å². The Morgan fingerprint density at radius 1 is 1.12 bits per heavy atom. The van der Waals surface area contributed by atoms with Crippen LogP contribution >= 0.6 is 11.8 Å². The number of hydrogen-bond acceptors (Lipinski definition) is 14. The van der Waals surface area contributed by atoms with Gasteiger partial charge in [-0.3, -0.25) is 19.1 Å². The first kappa shape index (κ1) is 42.3. The van der Waals surface area contributed by atoms with Crippen LogP contribution in [0.15, 0.2) is 36.5 Å². The summed E-state index contributed by atoms with van der Waals surface area (Å²) in [7, 11) is -3.96. The van der Waals surface area contributed by atoms with Crippen molar-refractivity contribution in [1.29, 1.82) is 0 Å². The number of sulfone groups is 1. The van der Waals surface area contributed by atoms with Gasteiger partial charge in [0.25, 0.3) is 0 Å². The van der Waals surface area contributed by atoms with Crippen LogP contribution < -0.4 is 124 Å². The molecule has 252 valence electrons. The summed E-state index contributed by atoms with van der Waals surface area (Å²) in [4.78, 5) is 71.3. The van der Waals surface area contributed by atoms with Crippen molar-refractivity contribution in [3.63, 3.8) is 0 Å². The van der Waals surface area contributed by atoms with Crippen molar-refractivity contribution in [2.75, 3.05) is 0 Å². The molecule has 0 bridgehead atoms. The minimum atomic E-state index is -3.96. The number of carboxylic acids is 3. The van der Waals surface area contributed by atoms with Crippen molar-refractivity contribution >= 4 is 57.1 Å². The normalized spacial score (nSPS) is 30.3. The van der Waals surface area contributed by atoms with Crippen molar-refractivity contribution < 1.29 is 155 Å². The zero-order valence-corrected chi connectivity index (χ0v) is 35.0. The van der Waals surface area contributed by atoms with Gasteiger partial charge in [-0.1, -0.05) is 35.5 Å². The first-order valence-corrected chi connectivity index (χ1v) is 16.7. The molecule has 3 saturated heterocycles. The molecule has 3 unspecified atom stereocenters. The number of ketones is 1. The zero-order valence-electron chi connectivity index (χ0n) is 27.1. The molecule has 1 aromatic heterocycles. The standard InChI is InChI=1S/C16H19N3O4S.C12H13N3O7S.2K/c1-16(2)11(15(22)23)19-13(21)10(14(19)24-16)18-12(20)9(17)8-6-4-3-5-7-8;1-12(4-15-3-5(10(17)18)13-14-15)9(11(19)20)8-6(16)2-7(8)23(12,21)22;;/h3-7,9-11,14H,17H2,1-2H3,(H,18,20)(H,22,23);3,7-9H,2,4H2,1H3,(H,17,18)(H,19,20);;/q;;2*+1/p-2/t9?,10-,11+,14-;7?,8?,9-,12-;;/m10../s1. The van der Waals surface area contributed by atoms with Crippen LogP contribution in [0.25, 0.3) is 0 Å². The molecule has 6 rings (SSSR count). The number of aliphatic carboxylic acids is 2. The summed E-state index contributed by atoms with van der Waals surface area (Å²) in [5, 5.41) is 39.6. The number of fused-ring (bicyclic) bond motifs is 2. The van der Waals surface area contributed by atoms with Gasteiger partial charge in [-0.15, -0.1) is 16.9 Å². The SMILES string of the molecule is CC1(C)S[C@@H]2[C@H](NC(=O)C(N)c3ccccc3)C(=O)N2[C@H]1C(=O)O.C[C@]1(Cn2cc(C(=O)[O-])nn2)[C@H](C(=O)[O-])C2C(=O)CC2S1(=O)=O.[K+].[K+]. The number of benzene rings is 1. The van der Waals surface area contributed by atoms with Crippen LogP contribution in [0.5, 0.6) is 0 Å². The van der Waals surface area contributed by atoms with Crippen molar-refractivity contribution in [3.05, 3.63) is 47.8 Å². The van der Waals surface area contributed by atoms with E-state index in [1.807, 2.05) is 6.07 Å². The molecule has 4 heterocycles. The largest absolute Gasteiger partial charge is 1.00 e. The molecule has 0 radical (unpaired) electrons. The van der Waals surface area contributed by atoms with Crippen molar-refractivity contribution in [2.24, 2.45) is 17.6 Å². The van der Waals surface area contributed by atoms with E-state index in [1.165, 1.54) is 23.6 Å². The molecule has 49 heavy (non-hydrogen) atoms. The van der Waals surface area contributed by atoms with E-state index in [-0.39, 0.29) is 120 Å². The Bertz CT molecular complexity index is 1790. The molecule has 3 aliphatic heterocycles. The number of Topliss-reactive ketones (excluding diaryl/α,β-unsaturated/α-hetero) is 1. The predicted octanol–water partition coefficient (Wildman–Crippen LogP) is -9.52. The van der Waals surface area contributed by atoms with E-state index in [9.17, 15) is 52.5 Å². The molecule has 4 N–H and O–H groups in total. The maximum absolute atomic E-state index is 12.6. The Hall–Kier alpha value is -1.09. The molecule has 2 aromatic rings. The van der Waals surface area contributed by atoms with E-state index >= 15 is 0 Å². The quantitative estimate of drug-likeness (QED) is 0.166. The number of carbonyl (C=O) groups excluding carboxylic acids is 5. The maximum atomic E-state index is 12.6. The van der Waals surface area contributed by atoms with Gasteiger partial charge in [-0.05, 0) is 26.3 Å². The first-order valence-electron chi connectivity index (χ1n) is 14.3. The molecule has 2 amide bonds. The summed E-state index contributed by atoms with van der Waals surface area (Å²) in [6, 6.07) is 6.38. The summed E-state index contributed by atoms with van der Waals surface area (Å²) >= 11 is 1.38. The second kappa shape index (κ2) is 15.5. The first-order chi connectivity index (χ1) is 21.8. The van der Waals surface area contributed by atoms with E-state index in [0.29, 0.717) is 5.56 Å². The van der Waals surface area contributed by atoms with Crippen molar-refractivity contribution in [2.45, 2.75) is 72.0 Å². The van der Waals surface area contributed by atoms with Gasteiger partial charge in [-0.25, -0.2) is 13.2 Å². The van der Waals surface area contributed by atoms with Gasteiger partial charge < -0.3 is 40.9 Å². The van der Waals surface area contributed by atoms with Crippen LogP contribution in [-0.2, 0) is 40.4 Å². The molecule has 1 saturated carbocycles. The Morgan fingerprint density at radius 2 is 1.73 bits per heavy atom. The van der Waals surface area contributed by atoms with Gasteiger partial charge in [0.15, 0.2) is 9.84 Å². The minimum Gasteiger partial charge on any atom is -0.550 e. The van der Waals surface area contributed by atoms with Crippen molar-refractivity contribution in [3.8, 4) is 0 Å². The molecule has 8 atom stereocenters. The summed E-state index contributed by atoms with van der Waals surface area (Å²) in [5.41, 5.74) is 6.09. The van der Waals surface area contributed by atoms with Crippen LogP contribution in [-0.4, -0.2) is 101 Å². The maximum Gasteiger partial charge on any atom is 1.00 e. The number of amides is 2. The van der Waals surface area contributed by atoms with Gasteiger partial charge in [0.1, 0.15) is 35.0 Å². The van der Waals surface area contributed by atoms with Gasteiger partial charge in [0.2, 0.25) is 11.8 Å². The Morgan fingerprint density at radius 3 is 2.24 bits per heavy atom. The molecule has 4 fully saturated rings. The molecule has 4 aliphatic rings. The molecular weight excluding hydrogens is 739 g/mol. The predicted molar refractivity (Wildman–Crippen MR) is 156 cm³/mol. The van der Waals surface area contributed by atoms with Gasteiger partial charge in [0, 0.05) is 29.0 Å². The average molecular weight is 769 g/mol. The van der Waals surface area contributed by atoms with Crippen LogP contribution in [0.4, 0.5) is 0 Å². The number of thioether (sulfide) groups is 1. The fourth-order valence-electron chi connectivity index (χ4n) is 6.69. The van der Waals surface area contributed by atoms with Crippen LogP contribution in [0.3, 0.4) is 0 Å². The average Bonchev–Trinajstić information content (AvgIpc) is 3.60. The monoisotopic (exact) mass is 768 g/mol. The molecule has 0 spiro atoms. The second-order valence-electron chi connectivity index (χ2n) is 12.5. The van der Waals surface area contributed by atoms with Gasteiger partial charge in [0.05, 0.1) is 28.7 Å². The summed E-state index contributed by atoms with van der Waals surface area (Å²) in [6.07, 6.45) is 0.735. The fraction of sp³-hybridized carbons (Fsp3) is 0.500. The van der Waals surface area contributed by atoms with Crippen molar-refractivity contribution in [1.82, 2.24) is 25.2 Å². The van der Waals surface area contributed by atoms with E-state index in [1.54, 1.807) is 38.1 Å². The number of β-lactam (4-membered cyclic amide) rings is 1. The summed E-state index contributed by atoms with van der Waals surface area (Å²) < 4.78 is 23.8. The number of carbonyl (C=O) groups is 6. The van der Waals surface area contributed by atoms with Crippen LogP contribution in [0.1, 0.15) is 49.3 Å². The molecule has 1 aliphatic carbocycles.